The summed E-state index contributed by atoms with van der Waals surface area (Å²) in [5.74, 6) is 0.537. The third-order valence-corrected chi connectivity index (χ3v) is 3.07. The van der Waals surface area contributed by atoms with Crippen molar-refractivity contribution in [3.05, 3.63) is 58.4 Å². The largest absolute Gasteiger partial charge is 0.334 e. The van der Waals surface area contributed by atoms with Crippen molar-refractivity contribution >= 4 is 12.2 Å². The van der Waals surface area contributed by atoms with E-state index in [2.05, 4.69) is 9.97 Å². The SMILES string of the molecule is CC(C)(c1ccc(F)cc1)c1nccc(=S)[nH]1. The fourth-order valence-corrected chi connectivity index (χ4v) is 1.85. The molecule has 2 nitrogen and oxygen atoms in total. The van der Waals surface area contributed by atoms with Crippen LogP contribution < -0.4 is 0 Å². The molecule has 2 rings (SSSR count). The zero-order chi connectivity index (χ0) is 12.5. The quantitative estimate of drug-likeness (QED) is 0.822. The second kappa shape index (κ2) is 4.37. The minimum Gasteiger partial charge on any atom is -0.334 e. The average molecular weight is 248 g/mol. The molecule has 17 heavy (non-hydrogen) atoms. The molecule has 0 unspecified atom stereocenters. The van der Waals surface area contributed by atoms with Crippen molar-refractivity contribution in [1.82, 2.24) is 9.97 Å². The number of aromatic amines is 1. The summed E-state index contributed by atoms with van der Waals surface area (Å²) >= 11 is 5.08. The molecule has 1 aromatic heterocycles. The van der Waals surface area contributed by atoms with Crippen LogP contribution in [-0.4, -0.2) is 9.97 Å². The lowest BCUT2D eigenvalue weighted by Gasteiger charge is -2.24. The molecule has 0 saturated carbocycles. The van der Waals surface area contributed by atoms with Gasteiger partial charge in [0.2, 0.25) is 0 Å². The number of hydrogen-bond acceptors (Lipinski definition) is 2. The smallest absolute Gasteiger partial charge is 0.123 e. The summed E-state index contributed by atoms with van der Waals surface area (Å²) in [6, 6.07) is 8.17. The summed E-state index contributed by atoms with van der Waals surface area (Å²) in [5, 5.41) is 0. The minimum absolute atomic E-state index is 0.237. The molecule has 1 aromatic carbocycles. The Balaban J connectivity index is 2.49. The Labute approximate surface area is 105 Å². The summed E-state index contributed by atoms with van der Waals surface area (Å²) in [6.45, 7) is 4.04. The van der Waals surface area contributed by atoms with Crippen LogP contribution >= 0.6 is 12.2 Å². The normalized spacial score (nSPS) is 11.5. The molecule has 1 heterocycles. The van der Waals surface area contributed by atoms with Crippen molar-refractivity contribution in [1.29, 1.82) is 0 Å². The van der Waals surface area contributed by atoms with Gasteiger partial charge in [0, 0.05) is 11.6 Å². The molecule has 0 aliphatic rings. The lowest BCUT2D eigenvalue weighted by molar-refractivity contribution is 0.582. The molecule has 1 N–H and O–H groups in total. The molecule has 4 heteroatoms. The minimum atomic E-state index is -0.331. The number of aromatic nitrogens is 2. The molecule has 0 aliphatic carbocycles. The van der Waals surface area contributed by atoms with E-state index in [-0.39, 0.29) is 11.2 Å². The average Bonchev–Trinajstić information content (AvgIpc) is 2.29. The Kier molecular flexibility index (Phi) is 3.07. The highest BCUT2D eigenvalue weighted by atomic mass is 32.1. The van der Waals surface area contributed by atoms with Gasteiger partial charge in [0.1, 0.15) is 16.3 Å². The summed E-state index contributed by atoms with van der Waals surface area (Å²) in [5.41, 5.74) is 0.658. The zero-order valence-electron chi connectivity index (χ0n) is 9.70. The van der Waals surface area contributed by atoms with Gasteiger partial charge in [-0.2, -0.15) is 0 Å². The number of benzene rings is 1. The third-order valence-electron chi connectivity index (χ3n) is 2.83. The summed E-state index contributed by atoms with van der Waals surface area (Å²) in [4.78, 5) is 7.36. The Morgan fingerprint density at radius 3 is 2.41 bits per heavy atom. The number of H-pyrrole nitrogens is 1. The Morgan fingerprint density at radius 1 is 1.18 bits per heavy atom. The molecular weight excluding hydrogens is 235 g/mol. The molecule has 0 radical (unpaired) electrons. The van der Waals surface area contributed by atoms with Gasteiger partial charge in [0.05, 0.1) is 0 Å². The fraction of sp³-hybridized carbons (Fsp3) is 0.231. The van der Waals surface area contributed by atoms with Crippen LogP contribution in [0, 0.1) is 10.5 Å². The lowest BCUT2D eigenvalue weighted by atomic mass is 9.84. The van der Waals surface area contributed by atoms with Crippen LogP contribution in [0.2, 0.25) is 0 Å². The van der Waals surface area contributed by atoms with Crippen LogP contribution in [0.25, 0.3) is 0 Å². The molecule has 0 fully saturated rings. The molecule has 2 aromatic rings. The van der Waals surface area contributed by atoms with Crippen LogP contribution in [-0.2, 0) is 5.41 Å². The maximum Gasteiger partial charge on any atom is 0.123 e. The van der Waals surface area contributed by atoms with Crippen molar-refractivity contribution in [3.63, 3.8) is 0 Å². The van der Waals surface area contributed by atoms with Crippen LogP contribution in [0.3, 0.4) is 0 Å². The van der Waals surface area contributed by atoms with Crippen molar-refractivity contribution < 1.29 is 4.39 Å². The van der Waals surface area contributed by atoms with E-state index in [1.807, 2.05) is 13.8 Å². The van der Waals surface area contributed by atoms with Crippen LogP contribution in [0.4, 0.5) is 4.39 Å². The van der Waals surface area contributed by atoms with E-state index in [1.165, 1.54) is 12.1 Å². The number of halogens is 1. The van der Waals surface area contributed by atoms with Crippen LogP contribution in [0.1, 0.15) is 25.2 Å². The molecule has 0 amide bonds. The topological polar surface area (TPSA) is 28.7 Å². The van der Waals surface area contributed by atoms with E-state index >= 15 is 0 Å². The first kappa shape index (κ1) is 11.9. The number of rotatable bonds is 2. The lowest BCUT2D eigenvalue weighted by Crippen LogP contribution is -2.22. The molecule has 0 saturated heterocycles. The van der Waals surface area contributed by atoms with E-state index in [0.717, 1.165) is 11.4 Å². The Bertz CT molecular complexity index is 572. The van der Waals surface area contributed by atoms with Crippen LogP contribution in [0.15, 0.2) is 36.5 Å². The maximum atomic E-state index is 12.9. The molecule has 0 bridgehead atoms. The van der Waals surface area contributed by atoms with Gasteiger partial charge in [0.25, 0.3) is 0 Å². The standard InChI is InChI=1S/C13H13FN2S/c1-13(2,9-3-5-10(14)6-4-9)12-15-8-7-11(17)16-12/h3-8H,1-2H3,(H,15,16,17). The van der Waals surface area contributed by atoms with Crippen molar-refractivity contribution in [2.75, 3.05) is 0 Å². The summed E-state index contributed by atoms with van der Waals surface area (Å²) < 4.78 is 13.5. The number of hydrogen-bond donors (Lipinski definition) is 1. The summed E-state index contributed by atoms with van der Waals surface area (Å²) in [6.07, 6.45) is 1.68. The molecule has 0 aliphatic heterocycles. The monoisotopic (exact) mass is 248 g/mol. The predicted octanol–water partition coefficient (Wildman–Crippen LogP) is 3.60. The first-order chi connectivity index (χ1) is 8.00. The first-order valence-electron chi connectivity index (χ1n) is 5.32. The Hall–Kier alpha value is -1.55. The highest BCUT2D eigenvalue weighted by molar-refractivity contribution is 7.71. The fourth-order valence-electron chi connectivity index (χ4n) is 1.69. The van der Waals surface area contributed by atoms with Gasteiger partial charge in [-0.15, -0.1) is 0 Å². The molecule has 0 spiro atoms. The molecule has 0 atom stereocenters. The van der Waals surface area contributed by atoms with E-state index in [4.69, 9.17) is 12.2 Å². The third kappa shape index (κ3) is 2.42. The number of nitrogens with zero attached hydrogens (tertiary/aromatic N) is 1. The van der Waals surface area contributed by atoms with Gasteiger partial charge in [-0.25, -0.2) is 9.37 Å². The molecular formula is C13H13FN2S. The predicted molar refractivity (Wildman–Crippen MR) is 67.9 cm³/mol. The van der Waals surface area contributed by atoms with Gasteiger partial charge >= 0.3 is 0 Å². The van der Waals surface area contributed by atoms with Crippen molar-refractivity contribution in [3.8, 4) is 0 Å². The second-order valence-corrected chi connectivity index (χ2v) is 4.85. The highest BCUT2D eigenvalue weighted by Crippen LogP contribution is 2.28. The van der Waals surface area contributed by atoms with Crippen LogP contribution in [0.5, 0.6) is 0 Å². The van der Waals surface area contributed by atoms with Gasteiger partial charge in [-0.1, -0.05) is 24.4 Å². The van der Waals surface area contributed by atoms with Crippen molar-refractivity contribution in [2.45, 2.75) is 19.3 Å². The van der Waals surface area contributed by atoms with Gasteiger partial charge in [0.15, 0.2) is 0 Å². The first-order valence-corrected chi connectivity index (χ1v) is 5.73. The highest BCUT2D eigenvalue weighted by Gasteiger charge is 2.25. The van der Waals surface area contributed by atoms with Gasteiger partial charge in [-0.3, -0.25) is 0 Å². The van der Waals surface area contributed by atoms with E-state index in [9.17, 15) is 4.39 Å². The van der Waals surface area contributed by atoms with E-state index in [1.54, 1.807) is 24.4 Å². The zero-order valence-corrected chi connectivity index (χ0v) is 10.5. The van der Waals surface area contributed by atoms with Gasteiger partial charge < -0.3 is 4.98 Å². The molecule has 88 valence electrons. The Morgan fingerprint density at radius 2 is 1.82 bits per heavy atom. The second-order valence-electron chi connectivity index (χ2n) is 4.41. The van der Waals surface area contributed by atoms with Crippen molar-refractivity contribution in [2.24, 2.45) is 0 Å². The number of nitrogens with one attached hydrogen (secondary N) is 1. The van der Waals surface area contributed by atoms with E-state index < -0.39 is 0 Å². The van der Waals surface area contributed by atoms with Gasteiger partial charge in [-0.05, 0) is 37.6 Å². The summed E-state index contributed by atoms with van der Waals surface area (Å²) in [7, 11) is 0. The maximum absolute atomic E-state index is 12.9. The van der Waals surface area contributed by atoms with E-state index in [0.29, 0.717) is 4.64 Å².